The second-order valence-corrected chi connectivity index (χ2v) is 9.88. The van der Waals surface area contributed by atoms with Gasteiger partial charge in [0.2, 0.25) is 0 Å². The van der Waals surface area contributed by atoms with Crippen molar-refractivity contribution < 1.29 is 0 Å². The Morgan fingerprint density at radius 2 is 1.13 bits per heavy atom. The van der Waals surface area contributed by atoms with Gasteiger partial charge in [-0.25, -0.2) is 0 Å². The number of hydrogen-bond acceptors (Lipinski definition) is 0. The summed E-state index contributed by atoms with van der Waals surface area (Å²) in [6.45, 7) is 0. The van der Waals surface area contributed by atoms with Crippen LogP contribution in [0.1, 0.15) is 0 Å². The molecule has 0 fully saturated rings. The molecular weight excluding hydrogens is 460 g/mol. The van der Waals surface area contributed by atoms with Gasteiger partial charge in [-0.05, 0) is 70.4 Å². The highest BCUT2D eigenvalue weighted by Gasteiger charge is 2.15. The average Bonchev–Trinajstić information content (AvgIpc) is 3.57. The maximum Gasteiger partial charge on any atom is 0.0619 e. The summed E-state index contributed by atoms with van der Waals surface area (Å²) in [5.74, 6) is 0. The van der Waals surface area contributed by atoms with Crippen LogP contribution in [0.2, 0.25) is 0 Å². The van der Waals surface area contributed by atoms with Crippen molar-refractivity contribution in [2.75, 3.05) is 0 Å². The van der Waals surface area contributed by atoms with Gasteiger partial charge in [-0.2, -0.15) is 0 Å². The van der Waals surface area contributed by atoms with Crippen molar-refractivity contribution in [1.82, 2.24) is 9.13 Å². The van der Waals surface area contributed by atoms with Crippen molar-refractivity contribution in [2.24, 2.45) is 0 Å². The Morgan fingerprint density at radius 1 is 0.395 bits per heavy atom. The largest absolute Gasteiger partial charge is 0.317 e. The highest BCUT2D eigenvalue weighted by atomic mass is 15.0. The molecule has 2 heterocycles. The lowest BCUT2D eigenvalue weighted by molar-refractivity contribution is 1.13. The molecule has 0 radical (unpaired) electrons. The van der Waals surface area contributed by atoms with E-state index in [9.17, 15) is 0 Å². The fraction of sp³-hybridized carbons (Fsp3) is 0. The van der Waals surface area contributed by atoms with Crippen LogP contribution in [0, 0.1) is 0 Å². The normalized spacial score (nSPS) is 11.7. The van der Waals surface area contributed by atoms with E-state index in [-0.39, 0.29) is 0 Å². The van der Waals surface area contributed by atoms with Gasteiger partial charge in [0.1, 0.15) is 0 Å². The highest BCUT2D eigenvalue weighted by Crippen LogP contribution is 2.38. The van der Waals surface area contributed by atoms with E-state index in [4.69, 9.17) is 0 Å². The van der Waals surface area contributed by atoms with Gasteiger partial charge >= 0.3 is 0 Å². The van der Waals surface area contributed by atoms with Gasteiger partial charge in [0.15, 0.2) is 0 Å². The molecule has 178 valence electrons. The van der Waals surface area contributed by atoms with E-state index < -0.39 is 0 Å². The van der Waals surface area contributed by atoms with E-state index in [1.54, 1.807) is 0 Å². The topological polar surface area (TPSA) is 9.86 Å². The van der Waals surface area contributed by atoms with Crippen LogP contribution in [0.4, 0.5) is 0 Å². The summed E-state index contributed by atoms with van der Waals surface area (Å²) >= 11 is 0. The van der Waals surface area contributed by atoms with Crippen LogP contribution in [0.5, 0.6) is 0 Å². The molecule has 0 saturated heterocycles. The lowest BCUT2D eigenvalue weighted by atomic mass is 10.0. The third-order valence-electron chi connectivity index (χ3n) is 7.74. The first-order valence-corrected chi connectivity index (χ1v) is 13.0. The number of nitrogens with zero attached hydrogens (tertiary/aromatic N) is 2. The fourth-order valence-electron chi connectivity index (χ4n) is 5.93. The zero-order valence-electron chi connectivity index (χ0n) is 20.8. The Labute approximate surface area is 220 Å². The lowest BCUT2D eigenvalue weighted by Crippen LogP contribution is -1.94. The first kappa shape index (κ1) is 21.0. The van der Waals surface area contributed by atoms with Crippen LogP contribution in [0.3, 0.4) is 0 Å². The van der Waals surface area contributed by atoms with E-state index in [2.05, 4.69) is 155 Å². The molecule has 2 nitrogen and oxygen atoms in total. The molecule has 0 N–H and O–H groups in total. The van der Waals surface area contributed by atoms with E-state index in [1.165, 1.54) is 66.0 Å². The number of para-hydroxylation sites is 2. The van der Waals surface area contributed by atoms with Crippen LogP contribution < -0.4 is 0 Å². The molecule has 2 heteroatoms. The monoisotopic (exact) mass is 484 g/mol. The van der Waals surface area contributed by atoms with Gasteiger partial charge in [-0.1, -0.05) is 91.0 Å². The molecule has 0 unspecified atom stereocenters. The number of aromatic nitrogens is 2. The third-order valence-corrected chi connectivity index (χ3v) is 7.74. The Hall–Kier alpha value is -5.08. The van der Waals surface area contributed by atoms with Gasteiger partial charge in [0, 0.05) is 33.7 Å². The highest BCUT2D eigenvalue weighted by molar-refractivity contribution is 6.19. The molecule has 0 atom stereocenters. The zero-order valence-corrected chi connectivity index (χ0v) is 20.8. The van der Waals surface area contributed by atoms with Gasteiger partial charge in [-0.15, -0.1) is 0 Å². The van der Waals surface area contributed by atoms with Crippen molar-refractivity contribution >= 4 is 43.5 Å². The summed E-state index contributed by atoms with van der Waals surface area (Å²) in [6.07, 6.45) is 2.15. The Balaban J connectivity index is 1.31. The van der Waals surface area contributed by atoms with E-state index in [1.807, 2.05) is 0 Å². The van der Waals surface area contributed by atoms with E-state index in [0.717, 1.165) is 0 Å². The van der Waals surface area contributed by atoms with Crippen molar-refractivity contribution in [3.63, 3.8) is 0 Å². The number of hydrogen-bond donors (Lipinski definition) is 0. The maximum atomic E-state index is 2.41. The Bertz CT molecular complexity index is 2110. The van der Waals surface area contributed by atoms with Crippen molar-refractivity contribution in [2.45, 2.75) is 0 Å². The minimum absolute atomic E-state index is 1.17. The lowest BCUT2D eigenvalue weighted by Gasteiger charge is -2.10. The second-order valence-electron chi connectivity index (χ2n) is 9.88. The molecule has 0 aliphatic carbocycles. The molecule has 8 aromatic rings. The summed E-state index contributed by atoms with van der Waals surface area (Å²) in [5.41, 5.74) is 8.50. The standard InChI is InChI=1S/C36H24N2/c1-2-10-30(11-3-1)38-35-21-17-28(24-33(35)32-20-16-26-8-4-6-12-31(26)36(32)38)25-14-18-29(19-15-25)37-23-22-27-9-5-7-13-34(27)37/h1-24H. The summed E-state index contributed by atoms with van der Waals surface area (Å²) in [6, 6.07) is 50.4. The zero-order chi connectivity index (χ0) is 25.1. The molecule has 0 aliphatic rings. The van der Waals surface area contributed by atoms with Gasteiger partial charge in [0.05, 0.1) is 16.6 Å². The number of rotatable bonds is 3. The first-order chi connectivity index (χ1) is 18.8. The molecule has 2 aromatic heterocycles. The molecule has 8 rings (SSSR count). The van der Waals surface area contributed by atoms with Gasteiger partial charge in [-0.3, -0.25) is 0 Å². The number of fused-ring (bicyclic) bond motifs is 6. The third kappa shape index (κ3) is 3.14. The van der Waals surface area contributed by atoms with Crippen LogP contribution in [-0.2, 0) is 0 Å². The number of benzene rings is 6. The average molecular weight is 485 g/mol. The molecule has 0 saturated carbocycles. The molecule has 0 aliphatic heterocycles. The Kier molecular flexibility index (Phi) is 4.55. The van der Waals surface area contributed by atoms with Crippen molar-refractivity contribution in [3.05, 3.63) is 146 Å². The quantitative estimate of drug-likeness (QED) is 0.236. The van der Waals surface area contributed by atoms with Crippen molar-refractivity contribution in [3.8, 4) is 22.5 Å². The summed E-state index contributed by atoms with van der Waals surface area (Å²) in [5, 5.41) is 6.33. The summed E-state index contributed by atoms with van der Waals surface area (Å²) < 4.78 is 4.66. The molecular formula is C36H24N2. The molecule has 0 spiro atoms. The minimum atomic E-state index is 1.17. The minimum Gasteiger partial charge on any atom is -0.317 e. The molecule has 0 bridgehead atoms. The van der Waals surface area contributed by atoms with E-state index >= 15 is 0 Å². The van der Waals surface area contributed by atoms with Crippen LogP contribution in [-0.4, -0.2) is 9.13 Å². The molecule has 0 amide bonds. The fourth-order valence-corrected chi connectivity index (χ4v) is 5.93. The predicted molar refractivity (Wildman–Crippen MR) is 161 cm³/mol. The molecule has 38 heavy (non-hydrogen) atoms. The molecule has 6 aromatic carbocycles. The SMILES string of the molecule is c1ccc(-n2c3ccc(-c4ccc(-n5ccc6ccccc65)cc4)cc3c3ccc4ccccc4c32)cc1. The van der Waals surface area contributed by atoms with Crippen LogP contribution in [0.25, 0.3) is 66.0 Å². The van der Waals surface area contributed by atoms with Gasteiger partial charge in [0.25, 0.3) is 0 Å². The Morgan fingerprint density at radius 3 is 2.00 bits per heavy atom. The van der Waals surface area contributed by atoms with Crippen LogP contribution in [0.15, 0.2) is 146 Å². The van der Waals surface area contributed by atoms with Crippen LogP contribution >= 0.6 is 0 Å². The maximum absolute atomic E-state index is 2.41. The van der Waals surface area contributed by atoms with E-state index in [0.29, 0.717) is 0 Å². The smallest absolute Gasteiger partial charge is 0.0619 e. The summed E-state index contributed by atoms with van der Waals surface area (Å²) in [4.78, 5) is 0. The first-order valence-electron chi connectivity index (χ1n) is 13.0. The second kappa shape index (κ2) is 8.22. The summed E-state index contributed by atoms with van der Waals surface area (Å²) in [7, 11) is 0. The predicted octanol–water partition coefficient (Wildman–Crippen LogP) is 9.55. The van der Waals surface area contributed by atoms with Crippen molar-refractivity contribution in [1.29, 1.82) is 0 Å². The van der Waals surface area contributed by atoms with Gasteiger partial charge < -0.3 is 9.13 Å².